The van der Waals surface area contributed by atoms with E-state index in [2.05, 4.69) is 26.6 Å². The Morgan fingerprint density at radius 3 is 2.73 bits per heavy atom. The smallest absolute Gasteiger partial charge is 0.315 e. The van der Waals surface area contributed by atoms with Crippen LogP contribution in [0.2, 0.25) is 0 Å². The molecule has 1 aromatic heterocycles. The predicted molar refractivity (Wildman–Crippen MR) is 87.0 cm³/mol. The average molecular weight is 306 g/mol. The maximum absolute atomic E-state index is 11.9. The topological polar surface area (TPSA) is 77.5 Å². The first-order valence-corrected chi connectivity index (χ1v) is 7.98. The number of aliphatic hydroxyl groups excluding tert-OH is 1. The molecule has 6 nitrogen and oxygen atoms in total. The zero-order chi connectivity index (χ0) is 15.9. The summed E-state index contributed by atoms with van der Waals surface area (Å²) in [5.41, 5.74) is 1.16. The van der Waals surface area contributed by atoms with Crippen LogP contribution in [-0.4, -0.2) is 47.9 Å². The van der Waals surface area contributed by atoms with Gasteiger partial charge < -0.3 is 20.6 Å². The molecule has 1 fully saturated rings. The van der Waals surface area contributed by atoms with Gasteiger partial charge in [0.15, 0.2) is 0 Å². The van der Waals surface area contributed by atoms with Gasteiger partial charge in [-0.3, -0.25) is 0 Å². The van der Waals surface area contributed by atoms with Crippen molar-refractivity contribution >= 4 is 11.8 Å². The first-order valence-electron chi connectivity index (χ1n) is 7.98. The van der Waals surface area contributed by atoms with E-state index in [0.29, 0.717) is 0 Å². The molecule has 3 N–H and O–H groups in total. The number of nitrogens with zero attached hydrogens (tertiary/aromatic N) is 2. The Morgan fingerprint density at radius 2 is 2.18 bits per heavy atom. The van der Waals surface area contributed by atoms with E-state index in [1.807, 2.05) is 26.1 Å². The second-order valence-electron chi connectivity index (χ2n) is 5.86. The number of aromatic nitrogens is 1. The van der Waals surface area contributed by atoms with Crippen molar-refractivity contribution in [2.75, 3.05) is 24.6 Å². The highest BCUT2D eigenvalue weighted by Crippen LogP contribution is 2.17. The number of piperidine rings is 1. The van der Waals surface area contributed by atoms with Gasteiger partial charge in [-0.2, -0.15) is 0 Å². The number of aliphatic hydroxyl groups is 1. The SMILES string of the molecule is CCC(CO)NC(=O)NC1CCN(c2ccc(C)cn2)CC1. The molecule has 122 valence electrons. The first-order chi connectivity index (χ1) is 10.6. The fourth-order valence-electron chi connectivity index (χ4n) is 2.59. The summed E-state index contributed by atoms with van der Waals surface area (Å²) in [6, 6.07) is 3.94. The number of amides is 2. The fourth-order valence-corrected chi connectivity index (χ4v) is 2.59. The molecule has 22 heavy (non-hydrogen) atoms. The van der Waals surface area contributed by atoms with E-state index in [4.69, 9.17) is 5.11 Å². The highest BCUT2D eigenvalue weighted by molar-refractivity contribution is 5.74. The molecule has 1 atom stereocenters. The third kappa shape index (κ3) is 4.59. The molecule has 1 saturated heterocycles. The molecule has 1 aliphatic heterocycles. The Kier molecular flexibility index (Phi) is 6.00. The molecule has 0 radical (unpaired) electrons. The third-order valence-corrected chi connectivity index (χ3v) is 4.10. The van der Waals surface area contributed by atoms with Crippen LogP contribution < -0.4 is 15.5 Å². The summed E-state index contributed by atoms with van der Waals surface area (Å²) in [5.74, 6) is 1.000. The molecule has 0 aliphatic carbocycles. The molecule has 0 bridgehead atoms. The number of hydrogen-bond acceptors (Lipinski definition) is 4. The maximum Gasteiger partial charge on any atom is 0.315 e. The van der Waals surface area contributed by atoms with E-state index in [1.54, 1.807) is 0 Å². The monoisotopic (exact) mass is 306 g/mol. The lowest BCUT2D eigenvalue weighted by molar-refractivity contribution is 0.210. The van der Waals surface area contributed by atoms with Gasteiger partial charge >= 0.3 is 6.03 Å². The quantitative estimate of drug-likeness (QED) is 0.769. The Morgan fingerprint density at radius 1 is 1.45 bits per heavy atom. The molecule has 2 amide bonds. The van der Waals surface area contributed by atoms with Gasteiger partial charge in [-0.15, -0.1) is 0 Å². The number of aryl methyl sites for hydroxylation is 1. The van der Waals surface area contributed by atoms with Crippen molar-refractivity contribution in [1.82, 2.24) is 15.6 Å². The van der Waals surface area contributed by atoms with E-state index in [-0.39, 0.29) is 24.7 Å². The molecule has 0 spiro atoms. The lowest BCUT2D eigenvalue weighted by Crippen LogP contribution is -2.50. The molecule has 1 aromatic rings. The number of anilines is 1. The van der Waals surface area contributed by atoms with Crippen LogP contribution in [0.15, 0.2) is 18.3 Å². The largest absolute Gasteiger partial charge is 0.394 e. The van der Waals surface area contributed by atoms with Gasteiger partial charge in [-0.1, -0.05) is 13.0 Å². The average Bonchev–Trinajstić information content (AvgIpc) is 2.54. The van der Waals surface area contributed by atoms with Crippen LogP contribution in [0.5, 0.6) is 0 Å². The highest BCUT2D eigenvalue weighted by atomic mass is 16.3. The number of urea groups is 1. The van der Waals surface area contributed by atoms with Crippen LogP contribution in [0.4, 0.5) is 10.6 Å². The van der Waals surface area contributed by atoms with E-state index in [9.17, 15) is 4.79 Å². The molecule has 0 aromatic carbocycles. The number of carbonyl (C=O) groups is 1. The van der Waals surface area contributed by atoms with Gasteiger partial charge in [0, 0.05) is 25.3 Å². The van der Waals surface area contributed by atoms with Gasteiger partial charge in [0.25, 0.3) is 0 Å². The van der Waals surface area contributed by atoms with Crippen molar-refractivity contribution in [1.29, 1.82) is 0 Å². The minimum atomic E-state index is -0.187. The van der Waals surface area contributed by atoms with Crippen molar-refractivity contribution in [3.8, 4) is 0 Å². The van der Waals surface area contributed by atoms with Crippen molar-refractivity contribution in [3.63, 3.8) is 0 Å². The molecular formula is C16H26N4O2. The Labute approximate surface area is 131 Å². The van der Waals surface area contributed by atoms with Crippen LogP contribution in [0.1, 0.15) is 31.7 Å². The van der Waals surface area contributed by atoms with E-state index >= 15 is 0 Å². The van der Waals surface area contributed by atoms with Crippen LogP contribution >= 0.6 is 0 Å². The van der Waals surface area contributed by atoms with E-state index in [0.717, 1.165) is 43.7 Å². The van der Waals surface area contributed by atoms with Gasteiger partial charge in [-0.05, 0) is 37.8 Å². The van der Waals surface area contributed by atoms with Crippen LogP contribution in [0, 0.1) is 6.92 Å². The molecule has 1 unspecified atom stereocenters. The van der Waals surface area contributed by atoms with Gasteiger partial charge in [0.1, 0.15) is 5.82 Å². The Bertz CT molecular complexity index is 466. The van der Waals surface area contributed by atoms with Crippen molar-refractivity contribution in [3.05, 3.63) is 23.9 Å². The number of carbonyl (C=O) groups excluding carboxylic acids is 1. The lowest BCUT2D eigenvalue weighted by Gasteiger charge is -2.33. The number of rotatable bonds is 5. The summed E-state index contributed by atoms with van der Waals surface area (Å²) in [7, 11) is 0. The predicted octanol–water partition coefficient (Wildman–Crippen LogP) is 1.43. The number of nitrogens with one attached hydrogen (secondary N) is 2. The first kappa shape index (κ1) is 16.5. The van der Waals surface area contributed by atoms with E-state index < -0.39 is 0 Å². The minimum absolute atomic E-state index is 0.0263. The summed E-state index contributed by atoms with van der Waals surface area (Å²) in [4.78, 5) is 18.6. The highest BCUT2D eigenvalue weighted by Gasteiger charge is 2.22. The molecule has 0 saturated carbocycles. The minimum Gasteiger partial charge on any atom is -0.394 e. The van der Waals surface area contributed by atoms with E-state index in [1.165, 1.54) is 0 Å². The molecular weight excluding hydrogens is 280 g/mol. The summed E-state index contributed by atoms with van der Waals surface area (Å²) in [6.07, 6.45) is 4.41. The summed E-state index contributed by atoms with van der Waals surface area (Å²) < 4.78 is 0. The van der Waals surface area contributed by atoms with Gasteiger partial charge in [0.2, 0.25) is 0 Å². The zero-order valence-electron chi connectivity index (χ0n) is 13.4. The summed E-state index contributed by atoms with van der Waals surface area (Å²) >= 11 is 0. The van der Waals surface area contributed by atoms with Gasteiger partial charge in [-0.25, -0.2) is 9.78 Å². The molecule has 2 rings (SSSR count). The van der Waals surface area contributed by atoms with Crippen LogP contribution in [0.25, 0.3) is 0 Å². The second-order valence-corrected chi connectivity index (χ2v) is 5.86. The molecule has 6 heteroatoms. The van der Waals surface area contributed by atoms with Gasteiger partial charge in [0.05, 0.1) is 12.6 Å². The molecule has 2 heterocycles. The number of pyridine rings is 1. The summed E-state index contributed by atoms with van der Waals surface area (Å²) in [6.45, 7) is 5.72. The Balaban J connectivity index is 1.77. The maximum atomic E-state index is 11.9. The zero-order valence-corrected chi connectivity index (χ0v) is 13.4. The fraction of sp³-hybridized carbons (Fsp3) is 0.625. The standard InChI is InChI=1S/C16H26N4O2/c1-3-13(11-21)18-16(22)19-14-6-8-20(9-7-14)15-5-4-12(2)10-17-15/h4-5,10,13-14,21H,3,6-9,11H2,1-2H3,(H2,18,19,22). The van der Waals surface area contributed by atoms with Crippen molar-refractivity contribution in [2.24, 2.45) is 0 Å². The third-order valence-electron chi connectivity index (χ3n) is 4.10. The number of hydrogen-bond donors (Lipinski definition) is 3. The normalized spacial score (nSPS) is 17.1. The lowest BCUT2D eigenvalue weighted by atomic mass is 10.1. The van der Waals surface area contributed by atoms with Crippen molar-refractivity contribution in [2.45, 2.75) is 45.2 Å². The second kappa shape index (κ2) is 7.98. The van der Waals surface area contributed by atoms with Crippen LogP contribution in [-0.2, 0) is 0 Å². The Hall–Kier alpha value is -1.82. The summed E-state index contributed by atoms with van der Waals surface area (Å²) in [5, 5.41) is 14.9. The van der Waals surface area contributed by atoms with Crippen LogP contribution in [0.3, 0.4) is 0 Å². The van der Waals surface area contributed by atoms with Crippen molar-refractivity contribution < 1.29 is 9.90 Å². The molecule has 1 aliphatic rings.